The van der Waals surface area contributed by atoms with Gasteiger partial charge in [0.25, 0.3) is 0 Å². The van der Waals surface area contributed by atoms with Crippen molar-refractivity contribution in [2.45, 2.75) is 19.4 Å². The van der Waals surface area contributed by atoms with Crippen molar-refractivity contribution in [1.82, 2.24) is 0 Å². The maximum Gasteiger partial charge on any atom is 0.0178 e. The molecule has 0 aromatic heterocycles. The van der Waals surface area contributed by atoms with E-state index in [1.54, 1.807) is 5.92 Å². The van der Waals surface area contributed by atoms with E-state index < -0.39 is 0 Å². The van der Waals surface area contributed by atoms with E-state index in [1.807, 2.05) is 0 Å². The quantitative estimate of drug-likeness (QED) is 0.677. The van der Waals surface area contributed by atoms with E-state index in [1.165, 1.54) is 24.0 Å². The summed E-state index contributed by atoms with van der Waals surface area (Å²) >= 11 is 0. The van der Waals surface area contributed by atoms with E-state index >= 15 is 0 Å². The Labute approximate surface area is 67.2 Å². The lowest BCUT2D eigenvalue weighted by Crippen LogP contribution is -1.95. The van der Waals surface area contributed by atoms with Crippen molar-refractivity contribution in [3.8, 4) is 0 Å². The summed E-state index contributed by atoms with van der Waals surface area (Å²) in [6.07, 6.45) is 2.59. The van der Waals surface area contributed by atoms with Crippen LogP contribution in [0.25, 0.3) is 0 Å². The molecule has 11 heavy (non-hydrogen) atoms. The molecule has 0 spiro atoms. The Morgan fingerprint density at radius 1 is 1.09 bits per heavy atom. The van der Waals surface area contributed by atoms with Crippen molar-refractivity contribution >= 4 is 0 Å². The van der Waals surface area contributed by atoms with Crippen LogP contribution in [0.2, 0.25) is 0 Å². The number of hydrogen-bond acceptors (Lipinski definition) is 1. The lowest BCUT2D eigenvalue weighted by molar-refractivity contribution is 1.07. The number of rotatable bonds is 2. The molecule has 1 aromatic carbocycles. The van der Waals surface area contributed by atoms with Crippen molar-refractivity contribution in [3.63, 3.8) is 0 Å². The van der Waals surface area contributed by atoms with Crippen LogP contribution >= 0.6 is 0 Å². The SMILES string of the molecule is NCc1ccc([C]2CC2)cc1. The molecule has 0 aliphatic heterocycles. The van der Waals surface area contributed by atoms with Gasteiger partial charge in [-0.3, -0.25) is 0 Å². The Morgan fingerprint density at radius 2 is 1.73 bits per heavy atom. The lowest BCUT2D eigenvalue weighted by Gasteiger charge is -1.98. The van der Waals surface area contributed by atoms with Crippen LogP contribution in [0.3, 0.4) is 0 Å². The minimum Gasteiger partial charge on any atom is -0.326 e. The molecule has 1 aliphatic rings. The molecule has 57 valence electrons. The summed E-state index contributed by atoms with van der Waals surface area (Å²) in [6.45, 7) is 0.648. The average molecular weight is 146 g/mol. The summed E-state index contributed by atoms with van der Waals surface area (Å²) in [7, 11) is 0. The Kier molecular flexibility index (Phi) is 1.66. The molecule has 1 nitrogen and oxygen atoms in total. The van der Waals surface area contributed by atoms with E-state index in [0.29, 0.717) is 6.54 Å². The first-order chi connectivity index (χ1) is 5.40. The van der Waals surface area contributed by atoms with Crippen LogP contribution < -0.4 is 5.73 Å². The number of benzene rings is 1. The molecule has 2 N–H and O–H groups in total. The second-order valence-electron chi connectivity index (χ2n) is 3.00. The molecule has 0 bridgehead atoms. The molecule has 1 aromatic rings. The standard InChI is InChI=1S/C10H12N/c11-7-8-1-3-9(4-2-8)10-5-6-10/h1-4H,5-7,11H2. The zero-order valence-corrected chi connectivity index (χ0v) is 6.51. The normalized spacial score (nSPS) is 16.8. The molecule has 2 rings (SSSR count). The van der Waals surface area contributed by atoms with Crippen molar-refractivity contribution in [1.29, 1.82) is 0 Å². The average Bonchev–Trinajstić information content (AvgIpc) is 2.87. The van der Waals surface area contributed by atoms with Gasteiger partial charge in [0, 0.05) is 12.5 Å². The molecule has 1 saturated carbocycles. The Hall–Kier alpha value is -0.820. The zero-order chi connectivity index (χ0) is 7.68. The highest BCUT2D eigenvalue weighted by molar-refractivity contribution is 5.38. The highest BCUT2D eigenvalue weighted by Gasteiger charge is 2.23. The third-order valence-corrected chi connectivity index (χ3v) is 2.10. The number of nitrogens with two attached hydrogens (primary N) is 1. The first-order valence-corrected chi connectivity index (χ1v) is 4.04. The summed E-state index contributed by atoms with van der Waals surface area (Å²) in [6, 6.07) is 8.57. The molecule has 0 saturated heterocycles. The van der Waals surface area contributed by atoms with E-state index in [2.05, 4.69) is 24.3 Å². The Balaban J connectivity index is 2.19. The van der Waals surface area contributed by atoms with E-state index in [0.717, 1.165) is 0 Å². The molecule has 1 heteroatoms. The summed E-state index contributed by atoms with van der Waals surface area (Å²) < 4.78 is 0. The van der Waals surface area contributed by atoms with Crippen LogP contribution in [0, 0.1) is 5.92 Å². The third-order valence-electron chi connectivity index (χ3n) is 2.10. The molecule has 1 radical (unpaired) electrons. The highest BCUT2D eigenvalue weighted by atomic mass is 14.5. The number of hydrogen-bond donors (Lipinski definition) is 1. The predicted molar refractivity (Wildman–Crippen MR) is 45.9 cm³/mol. The van der Waals surface area contributed by atoms with Crippen LogP contribution in [-0.4, -0.2) is 0 Å². The largest absolute Gasteiger partial charge is 0.326 e. The van der Waals surface area contributed by atoms with Crippen molar-refractivity contribution in [3.05, 3.63) is 41.3 Å². The van der Waals surface area contributed by atoms with Gasteiger partial charge >= 0.3 is 0 Å². The summed E-state index contributed by atoms with van der Waals surface area (Å²) in [5.74, 6) is 1.59. The smallest absolute Gasteiger partial charge is 0.0178 e. The van der Waals surface area contributed by atoms with E-state index in [9.17, 15) is 0 Å². The van der Waals surface area contributed by atoms with Gasteiger partial charge in [-0.05, 0) is 24.0 Å². The highest BCUT2D eigenvalue weighted by Crippen LogP contribution is 2.38. The van der Waals surface area contributed by atoms with Gasteiger partial charge in [-0.25, -0.2) is 0 Å². The second kappa shape index (κ2) is 2.67. The minimum atomic E-state index is 0.648. The van der Waals surface area contributed by atoms with Crippen molar-refractivity contribution < 1.29 is 0 Å². The molecule has 0 atom stereocenters. The van der Waals surface area contributed by atoms with E-state index in [-0.39, 0.29) is 0 Å². The molecule has 1 aliphatic carbocycles. The minimum absolute atomic E-state index is 0.648. The Morgan fingerprint density at radius 3 is 2.18 bits per heavy atom. The maximum absolute atomic E-state index is 5.48. The van der Waals surface area contributed by atoms with Gasteiger partial charge in [-0.15, -0.1) is 0 Å². The van der Waals surface area contributed by atoms with Gasteiger partial charge in [0.15, 0.2) is 0 Å². The molecular weight excluding hydrogens is 134 g/mol. The monoisotopic (exact) mass is 146 g/mol. The van der Waals surface area contributed by atoms with Gasteiger partial charge in [-0.1, -0.05) is 24.3 Å². The predicted octanol–water partition coefficient (Wildman–Crippen LogP) is 1.86. The molecular formula is C10H12N. The third kappa shape index (κ3) is 1.43. The van der Waals surface area contributed by atoms with Crippen LogP contribution in [0.5, 0.6) is 0 Å². The van der Waals surface area contributed by atoms with Crippen LogP contribution in [-0.2, 0) is 6.54 Å². The van der Waals surface area contributed by atoms with Crippen LogP contribution in [0.1, 0.15) is 24.0 Å². The van der Waals surface area contributed by atoms with Gasteiger partial charge < -0.3 is 5.73 Å². The zero-order valence-electron chi connectivity index (χ0n) is 6.51. The van der Waals surface area contributed by atoms with Crippen LogP contribution in [0.15, 0.2) is 24.3 Å². The first kappa shape index (κ1) is 6.86. The van der Waals surface area contributed by atoms with E-state index in [4.69, 9.17) is 5.73 Å². The fraction of sp³-hybridized carbons (Fsp3) is 0.300. The molecule has 0 unspecified atom stereocenters. The summed E-state index contributed by atoms with van der Waals surface area (Å²) in [4.78, 5) is 0. The van der Waals surface area contributed by atoms with Crippen molar-refractivity contribution in [2.75, 3.05) is 0 Å². The van der Waals surface area contributed by atoms with Crippen molar-refractivity contribution in [2.24, 2.45) is 5.73 Å². The molecule has 0 amide bonds. The first-order valence-electron chi connectivity index (χ1n) is 4.04. The van der Waals surface area contributed by atoms with Gasteiger partial charge in [-0.2, -0.15) is 0 Å². The summed E-state index contributed by atoms with van der Waals surface area (Å²) in [5.41, 5.74) is 8.11. The lowest BCUT2D eigenvalue weighted by atomic mass is 10.1. The maximum atomic E-state index is 5.48. The fourth-order valence-corrected chi connectivity index (χ4v) is 1.23. The molecule has 1 fully saturated rings. The topological polar surface area (TPSA) is 26.0 Å². The molecule has 0 heterocycles. The second-order valence-corrected chi connectivity index (χ2v) is 3.00. The van der Waals surface area contributed by atoms with Gasteiger partial charge in [0.05, 0.1) is 0 Å². The van der Waals surface area contributed by atoms with Gasteiger partial charge in [0.1, 0.15) is 0 Å². The fourth-order valence-electron chi connectivity index (χ4n) is 1.23. The van der Waals surface area contributed by atoms with Crippen LogP contribution in [0.4, 0.5) is 0 Å². The summed E-state index contributed by atoms with van der Waals surface area (Å²) in [5, 5.41) is 0. The Bertz CT molecular complexity index is 234. The van der Waals surface area contributed by atoms with Gasteiger partial charge in [0.2, 0.25) is 0 Å².